The predicted molar refractivity (Wildman–Crippen MR) is 294 cm³/mol. The van der Waals surface area contributed by atoms with Gasteiger partial charge in [-0.2, -0.15) is 0 Å². The number of carboxylic acids is 12. The van der Waals surface area contributed by atoms with Crippen molar-refractivity contribution < 1.29 is 175 Å². The van der Waals surface area contributed by atoms with Crippen LogP contribution in [0.25, 0.3) is 0 Å². The highest BCUT2D eigenvalue weighted by Crippen LogP contribution is 2.47. The second-order valence-corrected chi connectivity index (χ2v) is 25.1. The minimum absolute atomic E-state index is 0.0801. The highest BCUT2D eigenvalue weighted by molar-refractivity contribution is 7.53. The molecular formula is C46H76N5O36P3. The second kappa shape index (κ2) is 44.1. The summed E-state index contributed by atoms with van der Waals surface area (Å²) in [6, 6.07) is -7.00. The number of amides is 2. The maximum atomic E-state index is 12.0. The Hall–Kier alpha value is -7.42. The highest BCUT2D eigenvalue weighted by Gasteiger charge is 2.35. The average Bonchev–Trinajstić information content (AvgIpc) is 2.04. The average molecular weight is 1370 g/mol. The lowest BCUT2D eigenvalue weighted by molar-refractivity contribution is -0.144. The molecule has 0 radical (unpaired) electrons. The minimum atomic E-state index is -4.63. The van der Waals surface area contributed by atoms with E-state index in [0.717, 1.165) is 0 Å². The lowest BCUT2D eigenvalue weighted by Crippen LogP contribution is -2.44. The third-order valence-corrected chi connectivity index (χ3v) is 16.2. The van der Waals surface area contributed by atoms with Gasteiger partial charge in [-0.25, -0.2) is 9.59 Å². The fourth-order valence-corrected chi connectivity index (χ4v) is 10.9. The Labute approximate surface area is 508 Å². The molecule has 0 rings (SSSR count). The lowest BCUT2D eigenvalue weighted by atomic mass is 9.96. The molecule has 516 valence electrons. The second-order valence-electron chi connectivity index (χ2n) is 19.4. The van der Waals surface area contributed by atoms with Crippen LogP contribution in [0.5, 0.6) is 0 Å². The van der Waals surface area contributed by atoms with E-state index in [1.165, 1.54) is 0 Å². The zero-order valence-electron chi connectivity index (χ0n) is 47.6. The monoisotopic (exact) mass is 1370 g/mol. The van der Waals surface area contributed by atoms with Gasteiger partial charge >= 0.3 is 94.4 Å². The fraction of sp³-hybridized carbons (Fsp3) is 0.674. The van der Waals surface area contributed by atoms with E-state index in [0.29, 0.717) is 0 Å². The number of nitrogens with two attached hydrogens (primary N) is 3. The van der Waals surface area contributed by atoms with Crippen LogP contribution in [0.4, 0.5) is 0 Å². The summed E-state index contributed by atoms with van der Waals surface area (Å²) in [5.74, 6) is -24.4. The molecule has 0 aliphatic rings. The summed E-state index contributed by atoms with van der Waals surface area (Å²) in [6.45, 7) is -1.95. The van der Waals surface area contributed by atoms with Gasteiger partial charge in [0.2, 0.25) is 11.8 Å². The van der Waals surface area contributed by atoms with Crippen molar-refractivity contribution in [2.75, 3.05) is 38.3 Å². The van der Waals surface area contributed by atoms with Crippen LogP contribution in [0.1, 0.15) is 103 Å². The molecule has 23 N–H and O–H groups in total. The Kier molecular flexibility index (Phi) is 42.5. The van der Waals surface area contributed by atoms with E-state index >= 15 is 0 Å². The number of ketones is 1. The van der Waals surface area contributed by atoms with Crippen LogP contribution < -0.4 is 27.8 Å². The molecule has 0 aromatic heterocycles. The number of hydrogen-bond donors (Lipinski definition) is 20. The van der Waals surface area contributed by atoms with Gasteiger partial charge < -0.3 is 117 Å². The molecule has 5 unspecified atom stereocenters. The molecule has 90 heavy (non-hydrogen) atoms. The first-order valence-electron chi connectivity index (χ1n) is 26.2. The van der Waals surface area contributed by atoms with E-state index in [-0.39, 0.29) is 64.2 Å². The summed E-state index contributed by atoms with van der Waals surface area (Å²) < 4.78 is 50.1. The first kappa shape index (κ1) is 86.8. The molecule has 0 fully saturated rings. The SMILES string of the molecule is N[C@@H](CCC(=O)CC(CCOP(=O)(O)CC(CCC(=O)O)C(=O)O)C(=O)O)C(=O)O.N[C@@H](CCC(=O)N[C@@H](CCCOP(=O)(O)C[C@@H](CCC(=O)O)C(=O)O)C(=O)O)C(=O)O.N[C@@H](CCC(=O)N[C@@H](COP(=O)(O)C[C@@H](CCC(=O)O)C(=O)O)C(=O)O)C(=O)O. The largest absolute Gasteiger partial charge is 0.481 e. The van der Waals surface area contributed by atoms with Crippen LogP contribution in [0.3, 0.4) is 0 Å². The van der Waals surface area contributed by atoms with Gasteiger partial charge in [0.1, 0.15) is 30.0 Å². The highest BCUT2D eigenvalue weighted by atomic mass is 31.2. The number of rotatable bonds is 49. The third kappa shape index (κ3) is 44.9. The van der Waals surface area contributed by atoms with Crippen molar-refractivity contribution in [1.82, 2.24) is 10.6 Å². The van der Waals surface area contributed by atoms with Gasteiger partial charge in [-0.1, -0.05) is 0 Å². The first-order chi connectivity index (χ1) is 41.2. The Bertz CT molecular complexity index is 2640. The Morgan fingerprint density at radius 1 is 0.344 bits per heavy atom. The number of hydrogen-bond acceptors (Lipinski definition) is 24. The van der Waals surface area contributed by atoms with E-state index in [2.05, 4.69) is 9.84 Å². The third-order valence-electron chi connectivity index (χ3n) is 11.8. The van der Waals surface area contributed by atoms with Gasteiger partial charge in [0, 0.05) is 44.9 Å². The number of carbonyl (C=O) groups is 15. The molecule has 12 atom stereocenters. The van der Waals surface area contributed by atoms with E-state index < -0.39 is 243 Å². The summed E-state index contributed by atoms with van der Waals surface area (Å²) in [5.41, 5.74) is 15.7. The molecule has 0 aliphatic carbocycles. The zero-order valence-corrected chi connectivity index (χ0v) is 50.3. The van der Waals surface area contributed by atoms with Gasteiger partial charge in [-0.15, -0.1) is 0 Å². The molecule has 0 saturated heterocycles. The molecule has 0 aromatic carbocycles. The maximum Gasteiger partial charge on any atom is 0.329 e. The summed E-state index contributed by atoms with van der Waals surface area (Å²) in [6.07, 6.45) is -8.09. The maximum absolute atomic E-state index is 12.0. The molecule has 0 aromatic rings. The van der Waals surface area contributed by atoms with E-state index in [9.17, 15) is 100 Å². The number of carbonyl (C=O) groups excluding carboxylic acids is 3. The van der Waals surface area contributed by atoms with E-state index in [1.54, 1.807) is 0 Å². The van der Waals surface area contributed by atoms with Crippen molar-refractivity contribution >= 4 is 112 Å². The van der Waals surface area contributed by atoms with Gasteiger partial charge in [0.15, 0.2) is 6.04 Å². The minimum Gasteiger partial charge on any atom is -0.481 e. The number of aliphatic carboxylic acids is 12. The van der Waals surface area contributed by atoms with Crippen LogP contribution in [0.15, 0.2) is 0 Å². The molecule has 0 spiro atoms. The predicted octanol–water partition coefficient (Wildman–Crippen LogP) is -2.19. The summed E-state index contributed by atoms with van der Waals surface area (Å²) in [5, 5.41) is 110. The van der Waals surface area contributed by atoms with Crippen molar-refractivity contribution in [2.24, 2.45) is 40.9 Å². The molecule has 2 amide bonds. The summed E-state index contributed by atoms with van der Waals surface area (Å²) in [7, 11) is -13.5. The van der Waals surface area contributed by atoms with Crippen LogP contribution >= 0.6 is 22.8 Å². The van der Waals surface area contributed by atoms with Gasteiger partial charge in [0.05, 0.1) is 62.0 Å². The molecule has 0 saturated carbocycles. The van der Waals surface area contributed by atoms with E-state index in [1.807, 2.05) is 5.32 Å². The van der Waals surface area contributed by atoms with Crippen molar-refractivity contribution in [3.8, 4) is 0 Å². The Balaban J connectivity index is -0.00000126. The number of nitrogens with one attached hydrogen (secondary N) is 2. The summed E-state index contributed by atoms with van der Waals surface area (Å²) in [4.78, 5) is 195. The molecule has 0 bridgehead atoms. The zero-order chi connectivity index (χ0) is 70.4. The van der Waals surface area contributed by atoms with Crippen LogP contribution in [-0.2, 0) is 99.2 Å². The lowest BCUT2D eigenvalue weighted by Gasteiger charge is -2.20. The smallest absolute Gasteiger partial charge is 0.329 e. The number of carboxylic acid groups (broad SMARTS) is 12. The fourth-order valence-electron chi connectivity index (χ4n) is 6.70. The molecule has 41 nitrogen and oxygen atoms in total. The number of Topliss-reactive ketones (excluding diaryl/α,β-unsaturated/α-hetero) is 1. The van der Waals surface area contributed by atoms with Crippen molar-refractivity contribution in [2.45, 2.75) is 133 Å². The summed E-state index contributed by atoms with van der Waals surface area (Å²) >= 11 is 0. The Morgan fingerprint density at radius 3 is 0.967 bits per heavy atom. The van der Waals surface area contributed by atoms with Crippen molar-refractivity contribution in [3.63, 3.8) is 0 Å². The van der Waals surface area contributed by atoms with Crippen LogP contribution in [-0.4, -0.2) is 234 Å². The van der Waals surface area contributed by atoms with Gasteiger partial charge in [-0.3, -0.25) is 76.0 Å². The Morgan fingerprint density at radius 2 is 0.656 bits per heavy atom. The van der Waals surface area contributed by atoms with Gasteiger partial charge in [-0.05, 0) is 57.8 Å². The van der Waals surface area contributed by atoms with Crippen molar-refractivity contribution in [1.29, 1.82) is 0 Å². The van der Waals surface area contributed by atoms with E-state index in [4.69, 9.17) is 87.5 Å². The molecular weight excluding hydrogens is 1290 g/mol. The first-order valence-corrected chi connectivity index (χ1v) is 31.5. The molecule has 0 heterocycles. The topological polar surface area (TPSA) is 741 Å². The quantitative estimate of drug-likeness (QED) is 0.0227. The van der Waals surface area contributed by atoms with Crippen molar-refractivity contribution in [3.05, 3.63) is 0 Å². The normalized spacial score (nSPS) is 16.0. The molecule has 0 aliphatic heterocycles. The van der Waals surface area contributed by atoms with Crippen LogP contribution in [0.2, 0.25) is 0 Å². The van der Waals surface area contributed by atoms with Crippen LogP contribution in [0, 0.1) is 23.7 Å². The standard InChI is InChI=1S/C16H27N2O12P.C16H26NO12P.C14H23N2O12P/c17-10(15(24)25)4-5-12(19)18-11(16(26)27)2-1-7-30-31(28,29)8-9(14(22)23)3-6-13(20)21;17-12(16(25)26)3-2-11(18)7-9(14(21)22)5-6-29-30(27,28)8-10(15(23)24)1-4-13(19)20;15-8(13(22)23)2-3-10(17)16-9(14(24)25)5-28-29(26,27)6-7(12(20)21)1-4-11(18)19/h9-11H,1-8,17H2,(H,18,19)(H,20,21)(H,22,23)(H,24,25)(H,26,27)(H,28,29);9-10,12H,1-8,17H2,(H,19,20)(H,21,22)(H,23,24)(H,25,26)(H,27,28);7-9H,1-6,15H2,(H,16,17)(H,18,19)(H,20,21)(H,22,23)(H,24,25)(H,26,27)/t9-,10+,11+;9?,10?,12-;7-,8+,9+/m101/s1. The molecule has 44 heteroatoms. The van der Waals surface area contributed by atoms with Gasteiger partial charge in [0.25, 0.3) is 0 Å².